The molecular weight excluding hydrogens is 448 g/mol. The van der Waals surface area contributed by atoms with Crippen LogP contribution in [0, 0.1) is 33.6 Å². The van der Waals surface area contributed by atoms with Crippen LogP contribution in [-0.4, -0.2) is 9.13 Å². The summed E-state index contributed by atoms with van der Waals surface area (Å²) < 4.78 is 4.92. The standard InChI is InChI=1S/C35H32N2/c1-21-6-10-32-28(16-21)29-17-22(2)7-11-33(29)36(32)26-14-25(5)15-27(20-26)37-34-12-8-23(3)18-30(34)31-19-24(4)9-13-35(31)37/h6-18,20,24H,19H2,1-5H3. The molecule has 0 amide bonds. The summed E-state index contributed by atoms with van der Waals surface area (Å²) >= 11 is 0. The Morgan fingerprint density at radius 2 is 1.08 bits per heavy atom. The molecule has 6 aromatic rings. The largest absolute Gasteiger partial charge is 0.310 e. The molecule has 0 N–H and O–H groups in total. The smallest absolute Gasteiger partial charge is 0.0541 e. The molecule has 1 aliphatic carbocycles. The topological polar surface area (TPSA) is 9.86 Å². The molecule has 0 fully saturated rings. The van der Waals surface area contributed by atoms with Crippen LogP contribution in [0.5, 0.6) is 0 Å². The van der Waals surface area contributed by atoms with Gasteiger partial charge in [-0.05, 0) is 112 Å². The van der Waals surface area contributed by atoms with Gasteiger partial charge in [0.05, 0.1) is 16.6 Å². The molecule has 182 valence electrons. The number of hydrogen-bond acceptors (Lipinski definition) is 0. The van der Waals surface area contributed by atoms with Crippen molar-refractivity contribution >= 4 is 38.8 Å². The van der Waals surface area contributed by atoms with Crippen molar-refractivity contribution < 1.29 is 0 Å². The van der Waals surface area contributed by atoms with Crippen molar-refractivity contribution in [3.05, 3.63) is 112 Å². The first kappa shape index (κ1) is 22.2. The number of rotatable bonds is 2. The lowest BCUT2D eigenvalue weighted by atomic mass is 9.93. The minimum atomic E-state index is 0.560. The van der Waals surface area contributed by atoms with Gasteiger partial charge in [-0.15, -0.1) is 0 Å². The molecule has 0 bridgehead atoms. The Bertz CT molecular complexity index is 1850. The summed E-state index contributed by atoms with van der Waals surface area (Å²) in [5.74, 6) is 0.560. The highest BCUT2D eigenvalue weighted by atomic mass is 15.0. The Kier molecular flexibility index (Phi) is 4.78. The molecule has 0 saturated heterocycles. The van der Waals surface area contributed by atoms with Crippen molar-refractivity contribution in [2.24, 2.45) is 5.92 Å². The quantitative estimate of drug-likeness (QED) is 0.234. The summed E-state index contributed by atoms with van der Waals surface area (Å²) in [7, 11) is 0. The summed E-state index contributed by atoms with van der Waals surface area (Å²) in [6, 6.07) is 27.6. The molecule has 1 atom stereocenters. The van der Waals surface area contributed by atoms with E-state index in [9.17, 15) is 0 Å². The van der Waals surface area contributed by atoms with Crippen molar-refractivity contribution in [1.82, 2.24) is 9.13 Å². The second kappa shape index (κ2) is 7.98. The number of aryl methyl sites for hydroxylation is 4. The van der Waals surface area contributed by atoms with Gasteiger partial charge in [0.1, 0.15) is 0 Å². The van der Waals surface area contributed by atoms with Crippen molar-refractivity contribution in [2.75, 3.05) is 0 Å². The fourth-order valence-corrected chi connectivity index (χ4v) is 6.33. The Morgan fingerprint density at radius 3 is 1.68 bits per heavy atom. The van der Waals surface area contributed by atoms with E-state index in [0.29, 0.717) is 5.92 Å². The van der Waals surface area contributed by atoms with Crippen LogP contribution < -0.4 is 0 Å². The molecule has 37 heavy (non-hydrogen) atoms. The molecule has 2 nitrogen and oxygen atoms in total. The van der Waals surface area contributed by atoms with Gasteiger partial charge in [0.15, 0.2) is 0 Å². The zero-order valence-corrected chi connectivity index (χ0v) is 22.3. The number of benzene rings is 4. The molecule has 1 unspecified atom stereocenters. The van der Waals surface area contributed by atoms with Crippen molar-refractivity contribution in [1.29, 1.82) is 0 Å². The zero-order valence-electron chi connectivity index (χ0n) is 22.3. The van der Waals surface area contributed by atoms with Gasteiger partial charge in [0.25, 0.3) is 0 Å². The predicted molar refractivity (Wildman–Crippen MR) is 158 cm³/mol. The van der Waals surface area contributed by atoms with Gasteiger partial charge in [0.2, 0.25) is 0 Å². The molecule has 2 aromatic heterocycles. The van der Waals surface area contributed by atoms with Gasteiger partial charge in [-0.25, -0.2) is 0 Å². The Morgan fingerprint density at radius 1 is 0.568 bits per heavy atom. The fraction of sp³-hybridized carbons (Fsp3) is 0.200. The maximum atomic E-state index is 2.48. The zero-order chi connectivity index (χ0) is 25.4. The molecule has 1 aliphatic rings. The van der Waals surface area contributed by atoms with Crippen molar-refractivity contribution in [3.63, 3.8) is 0 Å². The molecule has 2 heteroatoms. The summed E-state index contributed by atoms with van der Waals surface area (Å²) in [4.78, 5) is 0. The normalized spacial score (nSPS) is 15.2. The van der Waals surface area contributed by atoms with Crippen LogP contribution in [-0.2, 0) is 6.42 Å². The van der Waals surface area contributed by atoms with Gasteiger partial charge >= 0.3 is 0 Å². The Hall–Kier alpha value is -4.04. The van der Waals surface area contributed by atoms with Gasteiger partial charge in [0, 0.05) is 33.2 Å². The average molecular weight is 481 g/mol. The summed E-state index contributed by atoms with van der Waals surface area (Å²) in [5.41, 5.74) is 14.2. The van der Waals surface area contributed by atoms with Gasteiger partial charge in [-0.2, -0.15) is 0 Å². The molecule has 0 spiro atoms. The predicted octanol–water partition coefficient (Wildman–Crippen LogP) is 9.17. The number of allylic oxidation sites excluding steroid dienone is 1. The molecule has 7 rings (SSSR count). The first-order valence-corrected chi connectivity index (χ1v) is 13.3. The third-order valence-corrected chi connectivity index (χ3v) is 8.02. The first-order valence-electron chi connectivity index (χ1n) is 13.3. The van der Waals surface area contributed by atoms with Crippen LogP contribution >= 0.6 is 0 Å². The maximum absolute atomic E-state index is 2.48. The maximum Gasteiger partial charge on any atom is 0.0541 e. The average Bonchev–Trinajstić information content (AvgIpc) is 3.35. The van der Waals surface area contributed by atoms with Crippen molar-refractivity contribution in [3.8, 4) is 11.4 Å². The third-order valence-electron chi connectivity index (χ3n) is 8.02. The van der Waals surface area contributed by atoms with Crippen LogP contribution in [0.25, 0.3) is 50.2 Å². The van der Waals surface area contributed by atoms with Crippen LogP contribution in [0.1, 0.15) is 40.4 Å². The van der Waals surface area contributed by atoms with E-state index < -0.39 is 0 Å². The molecule has 2 heterocycles. The van der Waals surface area contributed by atoms with Crippen LogP contribution in [0.2, 0.25) is 0 Å². The monoisotopic (exact) mass is 480 g/mol. The highest BCUT2D eigenvalue weighted by Crippen LogP contribution is 2.38. The Labute approximate surface area is 218 Å². The fourth-order valence-electron chi connectivity index (χ4n) is 6.33. The second-order valence-electron chi connectivity index (χ2n) is 11.2. The SMILES string of the molecule is Cc1cc(-n2c3c(c4cc(C)ccc42)CC(C)C=C3)cc(-n2c3ccc(C)cc3c3cc(C)ccc32)c1. The minimum Gasteiger partial charge on any atom is -0.310 e. The number of fused-ring (bicyclic) bond motifs is 6. The number of nitrogens with zero attached hydrogens (tertiary/aromatic N) is 2. The van der Waals surface area contributed by atoms with Crippen LogP contribution in [0.15, 0.2) is 78.9 Å². The second-order valence-corrected chi connectivity index (χ2v) is 11.2. The van der Waals surface area contributed by atoms with Gasteiger partial charge in [-0.3, -0.25) is 0 Å². The summed E-state index contributed by atoms with van der Waals surface area (Å²) in [5, 5.41) is 4.02. The van der Waals surface area contributed by atoms with E-state index in [-0.39, 0.29) is 0 Å². The van der Waals surface area contributed by atoms with Crippen LogP contribution in [0.3, 0.4) is 0 Å². The van der Waals surface area contributed by atoms with E-state index in [4.69, 9.17) is 0 Å². The molecule has 4 aromatic carbocycles. The number of aromatic nitrogens is 2. The Balaban J connectivity index is 1.54. The van der Waals surface area contributed by atoms with Crippen molar-refractivity contribution in [2.45, 2.75) is 41.0 Å². The molecular formula is C35H32N2. The van der Waals surface area contributed by atoms with E-state index in [2.05, 4.69) is 129 Å². The highest BCUT2D eigenvalue weighted by molar-refractivity contribution is 6.09. The highest BCUT2D eigenvalue weighted by Gasteiger charge is 2.22. The lowest BCUT2D eigenvalue weighted by molar-refractivity contribution is 0.717. The van der Waals surface area contributed by atoms with Crippen LogP contribution in [0.4, 0.5) is 0 Å². The van der Waals surface area contributed by atoms with E-state index in [0.717, 1.165) is 6.42 Å². The number of hydrogen-bond donors (Lipinski definition) is 0. The third kappa shape index (κ3) is 3.39. The molecule has 0 saturated carbocycles. The van der Waals surface area contributed by atoms with Gasteiger partial charge in [-0.1, -0.05) is 47.9 Å². The lowest BCUT2D eigenvalue weighted by Gasteiger charge is -2.17. The summed E-state index contributed by atoms with van der Waals surface area (Å²) in [6.45, 7) is 11.1. The lowest BCUT2D eigenvalue weighted by Crippen LogP contribution is -2.06. The first-order chi connectivity index (χ1) is 17.9. The summed E-state index contributed by atoms with van der Waals surface area (Å²) in [6.07, 6.45) is 5.79. The molecule has 0 radical (unpaired) electrons. The van der Waals surface area contributed by atoms with E-state index >= 15 is 0 Å². The van der Waals surface area contributed by atoms with E-state index in [1.165, 1.54) is 77.6 Å². The molecule has 0 aliphatic heterocycles. The van der Waals surface area contributed by atoms with E-state index in [1.54, 1.807) is 0 Å². The van der Waals surface area contributed by atoms with Gasteiger partial charge < -0.3 is 9.13 Å². The minimum absolute atomic E-state index is 0.560. The van der Waals surface area contributed by atoms with E-state index in [1.807, 2.05) is 0 Å².